The molecule has 116 valence electrons. The van der Waals surface area contributed by atoms with E-state index in [-0.39, 0.29) is 12.3 Å². The third-order valence-electron chi connectivity index (χ3n) is 2.78. The Morgan fingerprint density at radius 1 is 1.14 bits per heavy atom. The number of rotatable bonds is 5. The van der Waals surface area contributed by atoms with Gasteiger partial charge in [0.05, 0.1) is 13.7 Å². The van der Waals surface area contributed by atoms with Crippen molar-refractivity contribution in [2.75, 3.05) is 20.2 Å². The summed E-state index contributed by atoms with van der Waals surface area (Å²) in [6.07, 6.45) is -0.480. The number of amides is 1. The number of ether oxygens (including phenoxy) is 2. The SMILES string of the molecule is CCN(CC(=O)c1ccc(OC)cc1)C(=O)OC(C)(C)C. The Hall–Kier alpha value is -2.04. The van der Waals surface area contributed by atoms with Crippen LogP contribution in [0.2, 0.25) is 0 Å². The maximum atomic E-state index is 12.2. The molecule has 0 atom stereocenters. The molecule has 0 aliphatic carbocycles. The van der Waals surface area contributed by atoms with Crippen LogP contribution < -0.4 is 4.74 Å². The van der Waals surface area contributed by atoms with E-state index in [0.29, 0.717) is 17.9 Å². The van der Waals surface area contributed by atoms with Gasteiger partial charge in [0.15, 0.2) is 5.78 Å². The Labute approximate surface area is 125 Å². The Kier molecular flexibility index (Phi) is 5.76. The topological polar surface area (TPSA) is 55.8 Å². The summed E-state index contributed by atoms with van der Waals surface area (Å²) in [6.45, 7) is 7.61. The number of ketones is 1. The van der Waals surface area contributed by atoms with Crippen molar-refractivity contribution in [1.29, 1.82) is 0 Å². The molecule has 0 fully saturated rings. The van der Waals surface area contributed by atoms with E-state index in [1.54, 1.807) is 52.1 Å². The fraction of sp³-hybridized carbons (Fsp3) is 0.500. The van der Waals surface area contributed by atoms with Gasteiger partial charge in [-0.3, -0.25) is 4.79 Å². The molecule has 0 N–H and O–H groups in total. The Morgan fingerprint density at radius 3 is 2.14 bits per heavy atom. The molecule has 5 nitrogen and oxygen atoms in total. The van der Waals surface area contributed by atoms with E-state index in [0.717, 1.165) is 0 Å². The van der Waals surface area contributed by atoms with Crippen LogP contribution in [0, 0.1) is 0 Å². The molecular formula is C16H23NO4. The first-order valence-electron chi connectivity index (χ1n) is 6.92. The first kappa shape index (κ1) is 17.0. The smallest absolute Gasteiger partial charge is 0.410 e. The van der Waals surface area contributed by atoms with E-state index in [4.69, 9.17) is 9.47 Å². The van der Waals surface area contributed by atoms with Crippen LogP contribution in [0.1, 0.15) is 38.1 Å². The van der Waals surface area contributed by atoms with E-state index in [1.165, 1.54) is 4.90 Å². The molecule has 0 aromatic heterocycles. The number of nitrogens with zero attached hydrogens (tertiary/aromatic N) is 1. The largest absolute Gasteiger partial charge is 0.497 e. The molecule has 5 heteroatoms. The molecular weight excluding hydrogens is 270 g/mol. The normalized spacial score (nSPS) is 10.9. The van der Waals surface area contributed by atoms with E-state index < -0.39 is 11.7 Å². The molecule has 1 aromatic rings. The summed E-state index contributed by atoms with van der Waals surface area (Å²) in [5, 5.41) is 0. The molecule has 0 bridgehead atoms. The van der Waals surface area contributed by atoms with Crippen molar-refractivity contribution in [2.24, 2.45) is 0 Å². The molecule has 1 aromatic carbocycles. The lowest BCUT2D eigenvalue weighted by Crippen LogP contribution is -2.39. The second kappa shape index (κ2) is 7.11. The minimum atomic E-state index is -0.576. The standard InChI is InChI=1S/C16H23NO4/c1-6-17(15(19)21-16(2,3)4)11-14(18)12-7-9-13(20-5)10-8-12/h7-10H,6,11H2,1-5H3. The first-order valence-corrected chi connectivity index (χ1v) is 6.92. The molecule has 0 aliphatic rings. The van der Waals surface area contributed by atoms with Gasteiger partial charge in [-0.25, -0.2) is 4.79 Å². The lowest BCUT2D eigenvalue weighted by molar-refractivity contribution is 0.0257. The van der Waals surface area contributed by atoms with Gasteiger partial charge in [-0.1, -0.05) is 0 Å². The Bertz CT molecular complexity index is 488. The molecule has 0 heterocycles. The highest BCUT2D eigenvalue weighted by Crippen LogP contribution is 2.13. The van der Waals surface area contributed by atoms with Crippen LogP contribution in [0.25, 0.3) is 0 Å². The molecule has 1 rings (SSSR count). The van der Waals surface area contributed by atoms with Gasteiger partial charge in [0.2, 0.25) is 0 Å². The van der Waals surface area contributed by atoms with Crippen LogP contribution in [-0.4, -0.2) is 42.6 Å². The average molecular weight is 293 g/mol. The van der Waals surface area contributed by atoms with Crippen LogP contribution in [0.5, 0.6) is 5.75 Å². The van der Waals surface area contributed by atoms with Gasteiger partial charge in [-0.15, -0.1) is 0 Å². The van der Waals surface area contributed by atoms with Gasteiger partial charge in [0.1, 0.15) is 11.4 Å². The predicted octanol–water partition coefficient (Wildman–Crippen LogP) is 3.13. The Morgan fingerprint density at radius 2 is 1.71 bits per heavy atom. The van der Waals surface area contributed by atoms with Crippen molar-refractivity contribution in [3.63, 3.8) is 0 Å². The van der Waals surface area contributed by atoms with E-state index in [9.17, 15) is 9.59 Å². The second-order valence-electron chi connectivity index (χ2n) is 5.65. The summed E-state index contributed by atoms with van der Waals surface area (Å²) in [7, 11) is 1.57. The number of likely N-dealkylation sites (N-methyl/N-ethyl adjacent to an activating group) is 1. The monoisotopic (exact) mass is 293 g/mol. The molecule has 0 saturated heterocycles. The third kappa shape index (κ3) is 5.45. The highest BCUT2D eigenvalue weighted by Gasteiger charge is 2.23. The Balaban J connectivity index is 2.71. The molecule has 0 aliphatic heterocycles. The van der Waals surface area contributed by atoms with Gasteiger partial charge >= 0.3 is 6.09 Å². The molecule has 0 unspecified atom stereocenters. The summed E-state index contributed by atoms with van der Waals surface area (Å²) in [4.78, 5) is 25.6. The first-order chi connectivity index (χ1) is 9.76. The lowest BCUT2D eigenvalue weighted by atomic mass is 10.1. The van der Waals surface area contributed by atoms with Gasteiger partial charge in [-0.05, 0) is 52.0 Å². The number of hydrogen-bond donors (Lipinski definition) is 0. The quantitative estimate of drug-likeness (QED) is 0.783. The number of carbonyl (C=O) groups is 2. The zero-order chi connectivity index (χ0) is 16.0. The van der Waals surface area contributed by atoms with Crippen molar-refractivity contribution in [1.82, 2.24) is 4.90 Å². The summed E-state index contributed by atoms with van der Waals surface area (Å²) in [5.74, 6) is 0.552. The zero-order valence-corrected chi connectivity index (χ0v) is 13.3. The zero-order valence-electron chi connectivity index (χ0n) is 13.3. The minimum Gasteiger partial charge on any atom is -0.497 e. The van der Waals surface area contributed by atoms with Gasteiger partial charge in [-0.2, -0.15) is 0 Å². The van der Waals surface area contributed by atoms with Gasteiger partial charge in [0, 0.05) is 12.1 Å². The summed E-state index contributed by atoms with van der Waals surface area (Å²) < 4.78 is 10.3. The number of carbonyl (C=O) groups excluding carboxylic acids is 2. The average Bonchev–Trinajstić information content (AvgIpc) is 2.42. The van der Waals surface area contributed by atoms with Crippen LogP contribution in [0.3, 0.4) is 0 Å². The number of hydrogen-bond acceptors (Lipinski definition) is 4. The fourth-order valence-corrected chi connectivity index (χ4v) is 1.67. The van der Waals surface area contributed by atoms with Crippen LogP contribution in [0.15, 0.2) is 24.3 Å². The van der Waals surface area contributed by atoms with Crippen LogP contribution in [-0.2, 0) is 4.74 Å². The number of benzene rings is 1. The van der Waals surface area contributed by atoms with Crippen molar-refractivity contribution in [3.8, 4) is 5.75 Å². The lowest BCUT2D eigenvalue weighted by Gasteiger charge is -2.26. The highest BCUT2D eigenvalue weighted by atomic mass is 16.6. The second-order valence-corrected chi connectivity index (χ2v) is 5.65. The van der Waals surface area contributed by atoms with Crippen LogP contribution >= 0.6 is 0 Å². The maximum absolute atomic E-state index is 12.2. The number of Topliss-reactive ketones (excluding diaryl/α,β-unsaturated/α-hetero) is 1. The molecule has 0 spiro atoms. The van der Waals surface area contributed by atoms with Crippen molar-refractivity contribution in [3.05, 3.63) is 29.8 Å². The maximum Gasteiger partial charge on any atom is 0.410 e. The summed E-state index contributed by atoms with van der Waals surface area (Å²) in [6, 6.07) is 6.81. The number of methoxy groups -OCH3 is 1. The minimum absolute atomic E-state index is 0.00224. The van der Waals surface area contributed by atoms with Crippen molar-refractivity contribution < 1.29 is 19.1 Å². The third-order valence-corrected chi connectivity index (χ3v) is 2.78. The summed E-state index contributed by atoms with van der Waals surface area (Å²) in [5.41, 5.74) is -0.0361. The highest BCUT2D eigenvalue weighted by molar-refractivity contribution is 5.99. The van der Waals surface area contributed by atoms with Crippen molar-refractivity contribution in [2.45, 2.75) is 33.3 Å². The predicted molar refractivity (Wildman–Crippen MR) is 80.8 cm³/mol. The molecule has 0 saturated carbocycles. The van der Waals surface area contributed by atoms with Crippen LogP contribution in [0.4, 0.5) is 4.79 Å². The molecule has 21 heavy (non-hydrogen) atoms. The van der Waals surface area contributed by atoms with Gasteiger partial charge in [0.25, 0.3) is 0 Å². The molecule has 0 radical (unpaired) electrons. The molecule has 1 amide bonds. The van der Waals surface area contributed by atoms with Crippen molar-refractivity contribution >= 4 is 11.9 Å². The van der Waals surface area contributed by atoms with E-state index >= 15 is 0 Å². The van der Waals surface area contributed by atoms with E-state index in [2.05, 4.69) is 0 Å². The van der Waals surface area contributed by atoms with E-state index in [1.807, 2.05) is 6.92 Å². The fourth-order valence-electron chi connectivity index (χ4n) is 1.67. The summed E-state index contributed by atoms with van der Waals surface area (Å²) >= 11 is 0. The van der Waals surface area contributed by atoms with Gasteiger partial charge < -0.3 is 14.4 Å².